The Morgan fingerprint density at radius 3 is 1.31 bits per heavy atom. The summed E-state index contributed by atoms with van der Waals surface area (Å²) >= 11 is 0. The van der Waals surface area contributed by atoms with Crippen molar-refractivity contribution in [2.75, 3.05) is 0 Å². The molecule has 1 unspecified atom stereocenters. The molecule has 0 rings (SSSR count). The Morgan fingerprint density at radius 1 is 0.615 bits per heavy atom. The highest BCUT2D eigenvalue weighted by atomic mass is 16.4. The molecule has 2 heteroatoms. The molecule has 0 aromatic rings. The molecule has 156 valence electrons. The van der Waals surface area contributed by atoms with Crippen molar-refractivity contribution in [3.8, 4) is 0 Å². The fourth-order valence-corrected chi connectivity index (χ4v) is 3.73. The maximum absolute atomic E-state index is 11.2. The Labute approximate surface area is 164 Å². The molecule has 0 spiro atoms. The lowest BCUT2D eigenvalue weighted by Crippen LogP contribution is -2.13. The summed E-state index contributed by atoms with van der Waals surface area (Å²) in [4.78, 5) is 11.2. The highest BCUT2D eigenvalue weighted by Gasteiger charge is 2.15. The maximum Gasteiger partial charge on any atom is 0.306 e. The lowest BCUT2D eigenvalue weighted by Gasteiger charge is -2.11. The molecule has 0 aromatic carbocycles. The summed E-state index contributed by atoms with van der Waals surface area (Å²) in [5.74, 6) is 0.188. The summed E-state index contributed by atoms with van der Waals surface area (Å²) < 4.78 is 0. The third-order valence-electron chi connectivity index (χ3n) is 5.59. The molecule has 0 aromatic heterocycles. The van der Waals surface area contributed by atoms with Crippen LogP contribution in [0.3, 0.4) is 0 Å². The van der Waals surface area contributed by atoms with Crippen molar-refractivity contribution in [1.29, 1.82) is 0 Å². The maximum atomic E-state index is 11.2. The number of unbranched alkanes of at least 4 members (excludes halogenated alkanes) is 13. The van der Waals surface area contributed by atoms with Crippen LogP contribution >= 0.6 is 0 Å². The van der Waals surface area contributed by atoms with E-state index in [0.717, 1.165) is 38.0 Å². The van der Waals surface area contributed by atoms with Crippen molar-refractivity contribution in [3.05, 3.63) is 0 Å². The van der Waals surface area contributed by atoms with E-state index in [1.165, 1.54) is 83.5 Å². The van der Waals surface area contributed by atoms with Gasteiger partial charge < -0.3 is 5.11 Å². The molecule has 0 heterocycles. The average molecular weight is 369 g/mol. The summed E-state index contributed by atoms with van der Waals surface area (Å²) in [6, 6.07) is 0. The van der Waals surface area contributed by atoms with E-state index in [9.17, 15) is 9.90 Å². The third-order valence-corrected chi connectivity index (χ3v) is 5.59. The molecule has 1 N–H and O–H groups in total. The minimum atomic E-state index is -0.585. The SMILES string of the molecule is CCCCC(CCCCCCCCCCCCCCCC(C)C)C(=O)O. The van der Waals surface area contributed by atoms with Gasteiger partial charge in [0.05, 0.1) is 5.92 Å². The van der Waals surface area contributed by atoms with E-state index in [4.69, 9.17) is 0 Å². The van der Waals surface area contributed by atoms with E-state index >= 15 is 0 Å². The highest BCUT2D eigenvalue weighted by Crippen LogP contribution is 2.19. The fraction of sp³-hybridized carbons (Fsp3) is 0.958. The Balaban J connectivity index is 3.25. The number of hydrogen-bond donors (Lipinski definition) is 1. The van der Waals surface area contributed by atoms with Crippen molar-refractivity contribution in [3.63, 3.8) is 0 Å². The smallest absolute Gasteiger partial charge is 0.306 e. The summed E-state index contributed by atoms with van der Waals surface area (Å²) in [5.41, 5.74) is 0. The van der Waals surface area contributed by atoms with Gasteiger partial charge in [-0.2, -0.15) is 0 Å². The third kappa shape index (κ3) is 18.3. The number of rotatable bonds is 20. The predicted molar refractivity (Wildman–Crippen MR) is 115 cm³/mol. The fourth-order valence-electron chi connectivity index (χ4n) is 3.73. The van der Waals surface area contributed by atoms with Crippen LogP contribution in [-0.4, -0.2) is 11.1 Å². The number of carboxylic acid groups (broad SMARTS) is 1. The van der Waals surface area contributed by atoms with Gasteiger partial charge in [-0.1, -0.05) is 124 Å². The van der Waals surface area contributed by atoms with Gasteiger partial charge in [0.15, 0.2) is 0 Å². The molecule has 0 aliphatic carbocycles. The van der Waals surface area contributed by atoms with Gasteiger partial charge in [0.2, 0.25) is 0 Å². The van der Waals surface area contributed by atoms with Crippen LogP contribution < -0.4 is 0 Å². The van der Waals surface area contributed by atoms with Crippen molar-refractivity contribution < 1.29 is 9.90 Å². The molecule has 0 saturated heterocycles. The van der Waals surface area contributed by atoms with Crippen LogP contribution in [0.4, 0.5) is 0 Å². The number of carboxylic acids is 1. The Morgan fingerprint density at radius 2 is 0.962 bits per heavy atom. The summed E-state index contributed by atoms with van der Waals surface area (Å²) in [7, 11) is 0. The first-order valence-corrected chi connectivity index (χ1v) is 11.8. The monoisotopic (exact) mass is 368 g/mol. The van der Waals surface area contributed by atoms with Crippen LogP contribution in [0.15, 0.2) is 0 Å². The lowest BCUT2D eigenvalue weighted by atomic mass is 9.95. The molecular formula is C24H48O2. The van der Waals surface area contributed by atoms with E-state index in [1.54, 1.807) is 0 Å². The van der Waals surface area contributed by atoms with Crippen LogP contribution in [0.1, 0.15) is 136 Å². The van der Waals surface area contributed by atoms with Crippen molar-refractivity contribution in [2.24, 2.45) is 11.8 Å². The summed E-state index contributed by atoms with van der Waals surface area (Å²) in [6.45, 7) is 6.77. The summed E-state index contributed by atoms with van der Waals surface area (Å²) in [6.07, 6.45) is 23.0. The second-order valence-electron chi connectivity index (χ2n) is 8.74. The molecule has 0 fully saturated rings. The highest BCUT2D eigenvalue weighted by molar-refractivity contribution is 5.69. The van der Waals surface area contributed by atoms with Crippen LogP contribution in [0.2, 0.25) is 0 Å². The molecule has 1 atom stereocenters. The first-order valence-electron chi connectivity index (χ1n) is 11.8. The molecule has 2 nitrogen and oxygen atoms in total. The average Bonchev–Trinajstić information content (AvgIpc) is 2.60. The zero-order valence-corrected chi connectivity index (χ0v) is 18.2. The zero-order valence-electron chi connectivity index (χ0n) is 18.2. The number of aliphatic carboxylic acids is 1. The van der Waals surface area contributed by atoms with Gasteiger partial charge in [0.1, 0.15) is 0 Å². The first kappa shape index (κ1) is 25.5. The van der Waals surface area contributed by atoms with Gasteiger partial charge in [0, 0.05) is 0 Å². The van der Waals surface area contributed by atoms with Crippen molar-refractivity contribution in [1.82, 2.24) is 0 Å². The van der Waals surface area contributed by atoms with E-state index in [-0.39, 0.29) is 5.92 Å². The van der Waals surface area contributed by atoms with Gasteiger partial charge >= 0.3 is 5.97 Å². The van der Waals surface area contributed by atoms with Crippen LogP contribution in [0.25, 0.3) is 0 Å². The summed E-state index contributed by atoms with van der Waals surface area (Å²) in [5, 5.41) is 9.23. The van der Waals surface area contributed by atoms with Gasteiger partial charge in [-0.25, -0.2) is 0 Å². The molecule has 26 heavy (non-hydrogen) atoms. The Hall–Kier alpha value is -0.530. The number of hydrogen-bond acceptors (Lipinski definition) is 1. The van der Waals surface area contributed by atoms with Crippen LogP contribution in [0, 0.1) is 11.8 Å². The van der Waals surface area contributed by atoms with Crippen LogP contribution in [-0.2, 0) is 4.79 Å². The standard InChI is InChI=1S/C24H48O2/c1-4-5-20-23(24(25)26)21-18-16-14-12-10-8-6-7-9-11-13-15-17-19-22(2)3/h22-23H,4-21H2,1-3H3,(H,25,26). The normalized spacial score (nSPS) is 12.6. The molecule has 0 aliphatic heterocycles. The van der Waals surface area contributed by atoms with Crippen molar-refractivity contribution in [2.45, 2.75) is 136 Å². The molecule has 0 aliphatic rings. The van der Waals surface area contributed by atoms with E-state index in [2.05, 4.69) is 20.8 Å². The minimum absolute atomic E-state index is 0.0969. The van der Waals surface area contributed by atoms with Gasteiger partial charge in [-0.05, 0) is 18.8 Å². The van der Waals surface area contributed by atoms with E-state index in [0.29, 0.717) is 0 Å². The molecule has 0 saturated carbocycles. The van der Waals surface area contributed by atoms with Crippen LogP contribution in [0.5, 0.6) is 0 Å². The van der Waals surface area contributed by atoms with E-state index in [1.807, 2.05) is 0 Å². The second-order valence-corrected chi connectivity index (χ2v) is 8.74. The molecular weight excluding hydrogens is 320 g/mol. The number of carbonyl (C=O) groups is 1. The Bertz CT molecular complexity index is 299. The largest absolute Gasteiger partial charge is 0.481 e. The molecule has 0 amide bonds. The predicted octanol–water partition coefficient (Wildman–Crippen LogP) is 8.38. The zero-order chi connectivity index (χ0) is 19.5. The molecule has 0 radical (unpaired) electrons. The van der Waals surface area contributed by atoms with Crippen molar-refractivity contribution >= 4 is 5.97 Å². The molecule has 0 bridgehead atoms. The van der Waals surface area contributed by atoms with E-state index < -0.39 is 5.97 Å². The Kier molecular flexibility index (Phi) is 18.8. The second kappa shape index (κ2) is 19.2. The van der Waals surface area contributed by atoms with Gasteiger partial charge in [-0.15, -0.1) is 0 Å². The first-order chi connectivity index (χ1) is 12.6. The topological polar surface area (TPSA) is 37.3 Å². The van der Waals surface area contributed by atoms with Gasteiger partial charge in [-0.3, -0.25) is 4.79 Å². The lowest BCUT2D eigenvalue weighted by molar-refractivity contribution is -0.142. The van der Waals surface area contributed by atoms with Gasteiger partial charge in [0.25, 0.3) is 0 Å². The minimum Gasteiger partial charge on any atom is -0.481 e. The quantitative estimate of drug-likeness (QED) is 0.219.